The standard InChI is InChI=1S/C17H34N2O2S/c1-12(2)14(9-18-15(20)21-16(3,4)5)19-13-8-17(6,7)11-22-10-13/h12-14,19H,8-11H2,1-7H3,(H,18,20). The molecule has 1 saturated heterocycles. The first-order valence-corrected chi connectivity index (χ1v) is 9.45. The molecule has 22 heavy (non-hydrogen) atoms. The molecule has 1 rings (SSSR count). The highest BCUT2D eigenvalue weighted by molar-refractivity contribution is 7.99. The lowest BCUT2D eigenvalue weighted by Gasteiger charge is -2.38. The Labute approximate surface area is 140 Å². The first-order valence-electron chi connectivity index (χ1n) is 8.29. The lowest BCUT2D eigenvalue weighted by molar-refractivity contribution is 0.0517. The van der Waals surface area contributed by atoms with Gasteiger partial charge in [0.2, 0.25) is 0 Å². The minimum Gasteiger partial charge on any atom is -0.444 e. The van der Waals surface area contributed by atoms with E-state index in [-0.39, 0.29) is 12.1 Å². The lowest BCUT2D eigenvalue weighted by Crippen LogP contribution is -2.52. The fraction of sp³-hybridized carbons (Fsp3) is 0.941. The van der Waals surface area contributed by atoms with Gasteiger partial charge in [0.25, 0.3) is 0 Å². The van der Waals surface area contributed by atoms with Crippen molar-refractivity contribution in [3.8, 4) is 0 Å². The summed E-state index contributed by atoms with van der Waals surface area (Å²) in [6.07, 6.45) is 0.855. The lowest BCUT2D eigenvalue weighted by atomic mass is 9.87. The van der Waals surface area contributed by atoms with E-state index in [1.54, 1.807) is 0 Å². The monoisotopic (exact) mass is 330 g/mol. The number of nitrogens with one attached hydrogen (secondary N) is 2. The van der Waals surface area contributed by atoms with Crippen molar-refractivity contribution in [2.45, 2.75) is 72.6 Å². The Balaban J connectivity index is 2.47. The molecular weight excluding hydrogens is 296 g/mol. The van der Waals surface area contributed by atoms with Crippen molar-refractivity contribution in [2.24, 2.45) is 11.3 Å². The van der Waals surface area contributed by atoms with Gasteiger partial charge in [0, 0.05) is 24.4 Å². The van der Waals surface area contributed by atoms with Crippen molar-refractivity contribution in [2.75, 3.05) is 18.1 Å². The van der Waals surface area contributed by atoms with Gasteiger partial charge in [-0.05, 0) is 44.3 Å². The van der Waals surface area contributed by atoms with Gasteiger partial charge in [-0.3, -0.25) is 0 Å². The summed E-state index contributed by atoms with van der Waals surface area (Å²) in [7, 11) is 0. The maximum atomic E-state index is 11.8. The van der Waals surface area contributed by atoms with Crippen LogP contribution in [0.5, 0.6) is 0 Å². The molecule has 0 radical (unpaired) electrons. The van der Waals surface area contributed by atoms with Gasteiger partial charge in [0.15, 0.2) is 0 Å². The number of hydrogen-bond donors (Lipinski definition) is 2. The number of thioether (sulfide) groups is 1. The van der Waals surface area contributed by atoms with Crippen LogP contribution in [0.1, 0.15) is 54.9 Å². The van der Waals surface area contributed by atoms with Crippen LogP contribution >= 0.6 is 11.8 Å². The summed E-state index contributed by atoms with van der Waals surface area (Å²) < 4.78 is 5.31. The molecule has 0 aromatic rings. The highest BCUT2D eigenvalue weighted by Gasteiger charge is 2.30. The number of carbonyl (C=O) groups is 1. The van der Waals surface area contributed by atoms with Crippen LogP contribution in [0, 0.1) is 11.3 Å². The zero-order chi connectivity index (χ0) is 17.0. The van der Waals surface area contributed by atoms with Crippen molar-refractivity contribution in [3.05, 3.63) is 0 Å². The first kappa shape index (κ1) is 19.6. The molecule has 2 unspecified atom stereocenters. The summed E-state index contributed by atoms with van der Waals surface area (Å²) in [5.41, 5.74) is -0.0599. The number of alkyl carbamates (subject to hydrolysis) is 1. The zero-order valence-electron chi connectivity index (χ0n) is 15.3. The molecule has 0 bridgehead atoms. The van der Waals surface area contributed by atoms with E-state index >= 15 is 0 Å². The summed E-state index contributed by atoms with van der Waals surface area (Å²) in [6.45, 7) is 15.3. The largest absolute Gasteiger partial charge is 0.444 e. The van der Waals surface area contributed by atoms with Crippen molar-refractivity contribution < 1.29 is 9.53 Å². The van der Waals surface area contributed by atoms with Crippen LogP contribution in [0.4, 0.5) is 4.79 Å². The summed E-state index contributed by atoms with van der Waals surface area (Å²) in [6, 6.07) is 0.786. The molecule has 130 valence electrons. The predicted octanol–water partition coefficient (Wildman–Crippen LogP) is 3.66. The molecule has 0 aromatic carbocycles. The van der Waals surface area contributed by atoms with E-state index in [1.807, 2.05) is 32.5 Å². The van der Waals surface area contributed by atoms with Crippen molar-refractivity contribution in [1.29, 1.82) is 0 Å². The minimum absolute atomic E-state index is 0.270. The van der Waals surface area contributed by atoms with Gasteiger partial charge in [-0.1, -0.05) is 27.7 Å². The molecule has 1 fully saturated rings. The average molecular weight is 331 g/mol. The fourth-order valence-corrected chi connectivity index (χ4v) is 3.95. The molecular formula is C17H34N2O2S. The van der Waals surface area contributed by atoms with Crippen LogP contribution < -0.4 is 10.6 Å². The first-order chi connectivity index (χ1) is 9.98. The third kappa shape index (κ3) is 7.73. The zero-order valence-corrected chi connectivity index (χ0v) is 16.1. The molecule has 4 nitrogen and oxygen atoms in total. The smallest absolute Gasteiger partial charge is 0.407 e. The van der Waals surface area contributed by atoms with Crippen molar-refractivity contribution in [3.63, 3.8) is 0 Å². The van der Waals surface area contributed by atoms with Crippen molar-refractivity contribution >= 4 is 17.9 Å². The fourth-order valence-electron chi connectivity index (χ4n) is 2.67. The van der Waals surface area contributed by atoms with Crippen molar-refractivity contribution in [1.82, 2.24) is 10.6 Å². The van der Waals surface area contributed by atoms with Crippen LogP contribution in [0.25, 0.3) is 0 Å². The van der Waals surface area contributed by atoms with Gasteiger partial charge in [0.1, 0.15) is 5.60 Å². The molecule has 1 aliphatic heterocycles. The molecule has 1 amide bonds. The topological polar surface area (TPSA) is 50.4 Å². The third-order valence-electron chi connectivity index (χ3n) is 3.73. The summed E-state index contributed by atoms with van der Waals surface area (Å²) in [5.74, 6) is 2.84. The quantitative estimate of drug-likeness (QED) is 0.808. The molecule has 2 N–H and O–H groups in total. The summed E-state index contributed by atoms with van der Waals surface area (Å²) >= 11 is 2.02. The molecule has 5 heteroatoms. The summed E-state index contributed by atoms with van der Waals surface area (Å²) in [4.78, 5) is 11.8. The third-order valence-corrected chi connectivity index (χ3v) is 5.35. The molecule has 0 aliphatic carbocycles. The van der Waals surface area contributed by atoms with E-state index in [2.05, 4.69) is 38.3 Å². The van der Waals surface area contributed by atoms with Crippen LogP contribution in [0.3, 0.4) is 0 Å². The Hall–Kier alpha value is -0.420. The molecule has 2 atom stereocenters. The van der Waals surface area contributed by atoms with Crippen LogP contribution in [-0.2, 0) is 4.74 Å². The van der Waals surface area contributed by atoms with E-state index < -0.39 is 5.60 Å². The van der Waals surface area contributed by atoms with Gasteiger partial charge in [0.05, 0.1) is 0 Å². The highest BCUT2D eigenvalue weighted by Crippen LogP contribution is 2.33. The maximum absolute atomic E-state index is 11.8. The van der Waals surface area contributed by atoms with E-state index in [0.717, 1.165) is 5.75 Å². The normalized spacial score (nSPS) is 23.2. The Bertz CT molecular complexity index is 364. The number of carbonyl (C=O) groups excluding carboxylic acids is 1. The Morgan fingerprint density at radius 1 is 1.36 bits per heavy atom. The molecule has 1 aliphatic rings. The van der Waals surface area contributed by atoms with E-state index in [1.165, 1.54) is 12.2 Å². The van der Waals surface area contributed by atoms with Crippen LogP contribution in [0.15, 0.2) is 0 Å². The molecule has 0 saturated carbocycles. The second-order valence-electron chi connectivity index (χ2n) is 8.48. The second kappa shape index (κ2) is 7.91. The van der Waals surface area contributed by atoms with Gasteiger partial charge in [-0.2, -0.15) is 11.8 Å². The second-order valence-corrected chi connectivity index (χ2v) is 9.51. The van der Waals surface area contributed by atoms with Gasteiger partial charge >= 0.3 is 6.09 Å². The number of rotatable bonds is 5. The molecule has 1 heterocycles. The average Bonchev–Trinajstić information content (AvgIpc) is 2.30. The molecule has 0 spiro atoms. The minimum atomic E-state index is -0.450. The number of amides is 1. The highest BCUT2D eigenvalue weighted by atomic mass is 32.2. The van der Waals surface area contributed by atoms with E-state index in [0.29, 0.717) is 23.9 Å². The van der Waals surface area contributed by atoms with Gasteiger partial charge < -0.3 is 15.4 Å². The van der Waals surface area contributed by atoms with E-state index in [9.17, 15) is 4.79 Å². The van der Waals surface area contributed by atoms with E-state index in [4.69, 9.17) is 4.74 Å². The van der Waals surface area contributed by atoms with Gasteiger partial charge in [-0.25, -0.2) is 4.79 Å². The SMILES string of the molecule is CC(C)C(CNC(=O)OC(C)(C)C)NC1CSCC(C)(C)C1. The Kier molecular flexibility index (Phi) is 7.06. The number of hydrogen-bond acceptors (Lipinski definition) is 4. The maximum Gasteiger partial charge on any atom is 0.407 e. The Morgan fingerprint density at radius 2 is 2.00 bits per heavy atom. The number of ether oxygens (including phenoxy) is 1. The summed E-state index contributed by atoms with van der Waals surface area (Å²) in [5, 5.41) is 6.64. The van der Waals surface area contributed by atoms with Crippen LogP contribution in [0.2, 0.25) is 0 Å². The molecule has 0 aromatic heterocycles. The Morgan fingerprint density at radius 3 is 2.50 bits per heavy atom. The van der Waals surface area contributed by atoms with Gasteiger partial charge in [-0.15, -0.1) is 0 Å². The van der Waals surface area contributed by atoms with Crippen LogP contribution in [-0.4, -0.2) is 41.8 Å². The predicted molar refractivity (Wildman–Crippen MR) is 95.5 cm³/mol.